The summed E-state index contributed by atoms with van der Waals surface area (Å²) in [6, 6.07) is 2.14. The van der Waals surface area contributed by atoms with Crippen LogP contribution in [0.25, 0.3) is 0 Å². The molecule has 0 radical (unpaired) electrons. The number of esters is 1. The zero-order valence-corrected chi connectivity index (χ0v) is 14.9. The summed E-state index contributed by atoms with van der Waals surface area (Å²) in [6.45, 7) is 2.02. The molecule has 3 rings (SSSR count). The van der Waals surface area contributed by atoms with Gasteiger partial charge in [0.2, 0.25) is 0 Å². The molecule has 0 aromatic heterocycles. The number of aliphatic carboxylic acids is 1. The maximum atomic E-state index is 12.1. The third-order valence-electron chi connectivity index (χ3n) is 5.32. The van der Waals surface area contributed by atoms with Gasteiger partial charge >= 0.3 is 11.9 Å². The monoisotopic (exact) mass is 355 g/mol. The number of nitrogens with zero attached hydrogens (tertiary/aromatic N) is 1. The summed E-state index contributed by atoms with van der Waals surface area (Å²) in [5.41, 5.74) is 3.94. The number of allylic oxidation sites excluding steroid dienone is 2. The molecule has 1 N–H and O–H groups in total. The summed E-state index contributed by atoms with van der Waals surface area (Å²) in [5, 5.41) is 18.7. The molecule has 1 aliphatic heterocycles. The van der Waals surface area contributed by atoms with Gasteiger partial charge in [-0.05, 0) is 44.1 Å². The van der Waals surface area contributed by atoms with Crippen LogP contribution in [-0.4, -0.2) is 24.2 Å². The van der Waals surface area contributed by atoms with E-state index in [2.05, 4.69) is 6.07 Å². The first-order valence-corrected chi connectivity index (χ1v) is 8.68. The third kappa shape index (κ3) is 3.05. The Bertz CT molecular complexity index is 847. The van der Waals surface area contributed by atoms with Crippen LogP contribution >= 0.6 is 0 Å². The first-order valence-electron chi connectivity index (χ1n) is 8.68. The number of carbonyl (C=O) groups is 2. The number of methoxy groups -OCH3 is 1. The van der Waals surface area contributed by atoms with Crippen LogP contribution in [0.2, 0.25) is 0 Å². The minimum Gasteiger partial charge on any atom is -0.496 e. The zero-order valence-electron chi connectivity index (χ0n) is 14.9. The predicted octanol–water partition coefficient (Wildman–Crippen LogP) is 3.29. The number of carbonyl (C=O) groups excluding carboxylic acids is 1. The molecule has 0 amide bonds. The van der Waals surface area contributed by atoms with Crippen LogP contribution in [0.4, 0.5) is 0 Å². The van der Waals surface area contributed by atoms with E-state index in [1.54, 1.807) is 7.11 Å². The number of nitriles is 1. The Morgan fingerprint density at radius 1 is 1.50 bits per heavy atom. The number of ether oxygens (including phenoxy) is 2. The molecule has 1 aliphatic carbocycles. The second-order valence-electron chi connectivity index (χ2n) is 6.72. The van der Waals surface area contributed by atoms with Crippen LogP contribution in [0, 0.1) is 24.2 Å². The van der Waals surface area contributed by atoms with Crippen molar-refractivity contribution in [1.29, 1.82) is 5.26 Å². The van der Waals surface area contributed by atoms with Gasteiger partial charge in [0.15, 0.2) is 0 Å². The summed E-state index contributed by atoms with van der Waals surface area (Å²) in [5.74, 6) is -0.622. The van der Waals surface area contributed by atoms with Gasteiger partial charge in [-0.3, -0.25) is 4.79 Å². The fraction of sp³-hybridized carbons (Fsp3) is 0.450. The van der Waals surface area contributed by atoms with E-state index in [0.29, 0.717) is 34.4 Å². The van der Waals surface area contributed by atoms with Crippen molar-refractivity contribution >= 4 is 11.9 Å². The molecule has 0 saturated heterocycles. The molecule has 1 heterocycles. The SMILES string of the molecule is COc1c(C)c2c(c(C#N)c1CC=C1CCC[C@H]1CC(=O)O)C(=O)OC2. The maximum Gasteiger partial charge on any atom is 0.340 e. The summed E-state index contributed by atoms with van der Waals surface area (Å²) in [7, 11) is 1.55. The molecule has 1 aromatic carbocycles. The Hall–Kier alpha value is -2.81. The fourth-order valence-electron chi connectivity index (χ4n) is 4.06. The molecule has 1 fully saturated rings. The molecule has 6 nitrogen and oxygen atoms in total. The van der Waals surface area contributed by atoms with Gasteiger partial charge in [0, 0.05) is 11.1 Å². The van der Waals surface area contributed by atoms with Crippen molar-refractivity contribution in [3.8, 4) is 11.8 Å². The number of carboxylic acids is 1. The normalized spacial score (nSPS) is 20.0. The van der Waals surface area contributed by atoms with Gasteiger partial charge in [0.1, 0.15) is 18.4 Å². The van der Waals surface area contributed by atoms with E-state index in [1.165, 1.54) is 0 Å². The molecule has 136 valence electrons. The molecule has 1 aromatic rings. The van der Waals surface area contributed by atoms with E-state index >= 15 is 0 Å². The predicted molar refractivity (Wildman–Crippen MR) is 92.9 cm³/mol. The lowest BCUT2D eigenvalue weighted by Crippen LogP contribution is -2.08. The van der Waals surface area contributed by atoms with Crippen molar-refractivity contribution in [2.24, 2.45) is 5.92 Å². The van der Waals surface area contributed by atoms with Crippen LogP contribution in [0.5, 0.6) is 5.75 Å². The minimum absolute atomic E-state index is 0.0459. The Morgan fingerprint density at radius 2 is 2.27 bits per heavy atom. The summed E-state index contributed by atoms with van der Waals surface area (Å²) in [4.78, 5) is 23.1. The number of cyclic esters (lactones) is 1. The standard InChI is InChI=1S/C20H21NO5/c1-11-16-10-26-20(24)18(16)15(9-21)14(19(11)25-2)7-6-12-4-3-5-13(12)8-17(22)23/h6,13H,3-5,7-8,10H2,1-2H3,(H,22,23)/t13-/m0/s1. The number of benzene rings is 1. The highest BCUT2D eigenvalue weighted by molar-refractivity contribution is 5.97. The molecule has 0 unspecified atom stereocenters. The van der Waals surface area contributed by atoms with E-state index in [1.807, 2.05) is 13.0 Å². The van der Waals surface area contributed by atoms with Crippen molar-refractivity contribution in [1.82, 2.24) is 0 Å². The van der Waals surface area contributed by atoms with Crippen molar-refractivity contribution < 1.29 is 24.2 Å². The smallest absolute Gasteiger partial charge is 0.340 e. The van der Waals surface area contributed by atoms with E-state index in [0.717, 1.165) is 30.4 Å². The first kappa shape index (κ1) is 18.0. The lowest BCUT2D eigenvalue weighted by atomic mass is 9.89. The molecule has 1 atom stereocenters. The molecule has 0 bridgehead atoms. The van der Waals surface area contributed by atoms with E-state index in [9.17, 15) is 14.9 Å². The summed E-state index contributed by atoms with van der Waals surface area (Å²) >= 11 is 0. The van der Waals surface area contributed by atoms with Crippen molar-refractivity contribution in [2.75, 3.05) is 7.11 Å². The molecule has 6 heteroatoms. The van der Waals surface area contributed by atoms with Crippen LogP contribution < -0.4 is 4.74 Å². The van der Waals surface area contributed by atoms with Gasteiger partial charge in [0.25, 0.3) is 0 Å². The van der Waals surface area contributed by atoms with Crippen molar-refractivity contribution in [2.45, 2.75) is 45.6 Å². The Morgan fingerprint density at radius 3 is 2.92 bits per heavy atom. The first-order chi connectivity index (χ1) is 12.5. The van der Waals surface area contributed by atoms with Crippen LogP contribution in [0.1, 0.15) is 58.3 Å². The average Bonchev–Trinajstić information content (AvgIpc) is 3.20. The molecule has 2 aliphatic rings. The highest BCUT2D eigenvalue weighted by Crippen LogP contribution is 2.39. The van der Waals surface area contributed by atoms with E-state index in [4.69, 9.17) is 14.6 Å². The number of carboxylic acid groups (broad SMARTS) is 1. The van der Waals surface area contributed by atoms with Crippen LogP contribution in [-0.2, 0) is 22.6 Å². The maximum absolute atomic E-state index is 12.1. The molecule has 0 spiro atoms. The van der Waals surface area contributed by atoms with E-state index in [-0.39, 0.29) is 18.9 Å². The minimum atomic E-state index is -0.797. The largest absolute Gasteiger partial charge is 0.496 e. The fourth-order valence-corrected chi connectivity index (χ4v) is 4.06. The molecular weight excluding hydrogens is 334 g/mol. The average molecular weight is 355 g/mol. The van der Waals surface area contributed by atoms with Crippen molar-refractivity contribution in [3.05, 3.63) is 39.5 Å². The lowest BCUT2D eigenvalue weighted by Gasteiger charge is -2.16. The quantitative estimate of drug-likeness (QED) is 0.643. The molecular formula is C20H21NO5. The van der Waals surface area contributed by atoms with Gasteiger partial charge < -0.3 is 14.6 Å². The van der Waals surface area contributed by atoms with E-state index < -0.39 is 11.9 Å². The number of hydrogen-bond acceptors (Lipinski definition) is 5. The Balaban J connectivity index is 2.03. The topological polar surface area (TPSA) is 96.6 Å². The highest BCUT2D eigenvalue weighted by atomic mass is 16.5. The summed E-state index contributed by atoms with van der Waals surface area (Å²) in [6.07, 6.45) is 5.28. The van der Waals surface area contributed by atoms with Gasteiger partial charge in [0.05, 0.1) is 24.7 Å². The third-order valence-corrected chi connectivity index (χ3v) is 5.32. The second-order valence-corrected chi connectivity index (χ2v) is 6.72. The number of rotatable bonds is 5. The highest BCUT2D eigenvalue weighted by Gasteiger charge is 2.32. The Kier molecular flexibility index (Phi) is 4.99. The zero-order chi connectivity index (χ0) is 18.8. The van der Waals surface area contributed by atoms with Crippen molar-refractivity contribution in [3.63, 3.8) is 0 Å². The lowest BCUT2D eigenvalue weighted by molar-refractivity contribution is -0.137. The van der Waals surface area contributed by atoms with Gasteiger partial charge in [-0.25, -0.2) is 4.79 Å². The number of fused-ring (bicyclic) bond motifs is 1. The molecule has 26 heavy (non-hydrogen) atoms. The second kappa shape index (κ2) is 7.20. The Labute approximate surface area is 152 Å². The summed E-state index contributed by atoms with van der Waals surface area (Å²) < 4.78 is 10.7. The van der Waals surface area contributed by atoms with Crippen LogP contribution in [0.15, 0.2) is 11.6 Å². The van der Waals surface area contributed by atoms with Gasteiger partial charge in [-0.15, -0.1) is 0 Å². The van der Waals surface area contributed by atoms with Crippen LogP contribution in [0.3, 0.4) is 0 Å². The number of hydrogen-bond donors (Lipinski definition) is 1. The molecule has 1 saturated carbocycles. The van der Waals surface area contributed by atoms with Gasteiger partial charge in [-0.1, -0.05) is 11.6 Å². The van der Waals surface area contributed by atoms with Gasteiger partial charge in [-0.2, -0.15) is 5.26 Å².